The summed E-state index contributed by atoms with van der Waals surface area (Å²) in [6, 6.07) is 3.54. The zero-order valence-corrected chi connectivity index (χ0v) is 20.4. The Hall–Kier alpha value is -2.64. The van der Waals surface area contributed by atoms with Gasteiger partial charge < -0.3 is 29.0 Å². The zero-order valence-electron chi connectivity index (χ0n) is 19.4. The van der Waals surface area contributed by atoms with E-state index in [9.17, 15) is 4.79 Å². The minimum absolute atomic E-state index is 0.238. The van der Waals surface area contributed by atoms with Gasteiger partial charge >= 0.3 is 6.09 Å². The highest BCUT2D eigenvalue weighted by molar-refractivity contribution is 7.41. The molecule has 1 aliphatic rings. The van der Waals surface area contributed by atoms with Crippen LogP contribution in [0.4, 0.5) is 4.79 Å². The van der Waals surface area contributed by atoms with E-state index in [2.05, 4.69) is 22.6 Å². The molecule has 1 amide bonds. The minimum atomic E-state index is -0.608. The number of nitrogens with one attached hydrogen (secondary N) is 2. The zero-order chi connectivity index (χ0) is 23.7. The van der Waals surface area contributed by atoms with Crippen LogP contribution in [0.3, 0.4) is 0 Å². The summed E-state index contributed by atoms with van der Waals surface area (Å²) in [5, 5.41) is 7.25. The van der Waals surface area contributed by atoms with E-state index in [4.69, 9.17) is 23.7 Å². The second kappa shape index (κ2) is 16.0. The Morgan fingerprint density at radius 1 is 0.879 bits per heavy atom. The molecule has 0 saturated heterocycles. The average molecular weight is 477 g/mol. The SMILES string of the molecule is COc1cc(C)cc(OC)c1OC(=O)NCCOCCOCCNPC1=C\C=C/C=C/C=C\1. The quantitative estimate of drug-likeness (QED) is 0.311. The number of carbonyl (C=O) groups is 1. The van der Waals surface area contributed by atoms with Gasteiger partial charge in [0.25, 0.3) is 0 Å². The van der Waals surface area contributed by atoms with Gasteiger partial charge in [-0.05, 0) is 38.7 Å². The molecular formula is C24H33N2O6P. The Morgan fingerprint density at radius 3 is 2.21 bits per heavy atom. The molecule has 0 fully saturated rings. The van der Waals surface area contributed by atoms with Crippen molar-refractivity contribution >= 4 is 14.8 Å². The lowest BCUT2D eigenvalue weighted by Gasteiger charge is -2.14. The molecular weight excluding hydrogens is 443 g/mol. The van der Waals surface area contributed by atoms with E-state index < -0.39 is 6.09 Å². The third-order valence-corrected chi connectivity index (χ3v) is 5.34. The lowest BCUT2D eigenvalue weighted by atomic mass is 10.2. The number of methoxy groups -OCH3 is 2. The molecule has 1 atom stereocenters. The van der Waals surface area contributed by atoms with E-state index in [1.807, 2.05) is 37.3 Å². The van der Waals surface area contributed by atoms with Gasteiger partial charge in [0.05, 0.1) is 40.6 Å². The maximum absolute atomic E-state index is 12.1. The Labute approximate surface area is 197 Å². The van der Waals surface area contributed by atoms with Crippen LogP contribution in [0.25, 0.3) is 0 Å². The highest BCUT2D eigenvalue weighted by atomic mass is 31.1. The van der Waals surface area contributed by atoms with E-state index in [0.29, 0.717) is 53.2 Å². The molecule has 8 nitrogen and oxygen atoms in total. The van der Waals surface area contributed by atoms with Gasteiger partial charge in [0.15, 0.2) is 11.5 Å². The fraction of sp³-hybridized carbons (Fsp3) is 0.375. The molecule has 0 spiro atoms. The third kappa shape index (κ3) is 10.7. The van der Waals surface area contributed by atoms with Gasteiger partial charge in [0.2, 0.25) is 5.75 Å². The van der Waals surface area contributed by atoms with Crippen LogP contribution in [-0.2, 0) is 9.47 Å². The maximum Gasteiger partial charge on any atom is 0.412 e. The van der Waals surface area contributed by atoms with Crippen LogP contribution < -0.4 is 24.6 Å². The molecule has 0 heterocycles. The van der Waals surface area contributed by atoms with Crippen LogP contribution in [0.15, 0.2) is 60.0 Å². The van der Waals surface area contributed by atoms with Gasteiger partial charge in [-0.2, -0.15) is 0 Å². The number of amides is 1. The summed E-state index contributed by atoms with van der Waals surface area (Å²) < 4.78 is 26.9. The van der Waals surface area contributed by atoms with Gasteiger partial charge in [0.1, 0.15) is 0 Å². The Morgan fingerprint density at radius 2 is 1.52 bits per heavy atom. The number of hydrogen-bond acceptors (Lipinski definition) is 7. The normalized spacial score (nSPS) is 17.5. The molecule has 1 unspecified atom stereocenters. The molecule has 0 bridgehead atoms. The van der Waals surface area contributed by atoms with E-state index in [0.717, 1.165) is 12.1 Å². The minimum Gasteiger partial charge on any atom is -0.493 e. The molecule has 180 valence electrons. The van der Waals surface area contributed by atoms with Crippen LogP contribution in [0, 0.1) is 6.92 Å². The topological polar surface area (TPSA) is 87.3 Å². The standard InChI is InChI=1S/C24H33N2O6P/c1-19-17-21(28-2)23(22(18-19)29-3)32-24(27)25-11-13-30-15-16-31-14-12-26-33-20-9-7-5-4-6-8-10-20/h4-10,17-18,26,33H,11-16H2,1-3H3,(H,25,27)/b5-4+,6-4?,7-5?,8-6-,9-7-,10-8?,20-9?,20-10-. The van der Waals surface area contributed by atoms with Crippen molar-refractivity contribution in [3.63, 3.8) is 0 Å². The number of hydrogen-bond donors (Lipinski definition) is 2. The van der Waals surface area contributed by atoms with Gasteiger partial charge in [-0.25, -0.2) is 4.79 Å². The van der Waals surface area contributed by atoms with Crippen molar-refractivity contribution in [1.29, 1.82) is 0 Å². The van der Waals surface area contributed by atoms with Crippen LogP contribution in [0.5, 0.6) is 17.2 Å². The molecule has 1 aliphatic carbocycles. The Balaban J connectivity index is 1.50. The van der Waals surface area contributed by atoms with Crippen molar-refractivity contribution in [2.24, 2.45) is 0 Å². The lowest BCUT2D eigenvalue weighted by molar-refractivity contribution is 0.0513. The second-order valence-corrected chi connectivity index (χ2v) is 8.02. The van der Waals surface area contributed by atoms with Crippen LogP contribution in [0.1, 0.15) is 5.56 Å². The number of aryl methyl sites for hydroxylation is 1. The van der Waals surface area contributed by atoms with E-state index >= 15 is 0 Å². The van der Waals surface area contributed by atoms with Crippen molar-refractivity contribution in [2.45, 2.75) is 6.92 Å². The fourth-order valence-electron chi connectivity index (χ4n) is 2.73. The van der Waals surface area contributed by atoms with Crippen molar-refractivity contribution in [3.8, 4) is 17.2 Å². The lowest BCUT2D eigenvalue weighted by Crippen LogP contribution is -2.30. The summed E-state index contributed by atoms with van der Waals surface area (Å²) in [4.78, 5) is 12.1. The van der Waals surface area contributed by atoms with Crippen molar-refractivity contribution in [1.82, 2.24) is 10.4 Å². The predicted molar refractivity (Wildman–Crippen MR) is 132 cm³/mol. The molecule has 33 heavy (non-hydrogen) atoms. The van der Waals surface area contributed by atoms with Gasteiger partial charge in [0, 0.05) is 13.1 Å². The second-order valence-electron chi connectivity index (χ2n) is 6.84. The van der Waals surface area contributed by atoms with E-state index in [-0.39, 0.29) is 5.75 Å². The first-order chi connectivity index (χ1) is 16.1. The predicted octanol–water partition coefficient (Wildman–Crippen LogP) is 3.88. The first-order valence-corrected chi connectivity index (χ1v) is 11.7. The first kappa shape index (κ1) is 26.6. The fourth-order valence-corrected chi connectivity index (χ4v) is 3.52. The maximum atomic E-state index is 12.1. The number of ether oxygens (including phenoxy) is 5. The largest absolute Gasteiger partial charge is 0.493 e. The molecule has 0 radical (unpaired) electrons. The summed E-state index contributed by atoms with van der Waals surface area (Å²) >= 11 is 0. The molecule has 2 N–H and O–H groups in total. The number of benzene rings is 1. The monoisotopic (exact) mass is 476 g/mol. The summed E-state index contributed by atoms with van der Waals surface area (Å²) in [5.74, 6) is 1.09. The molecule has 1 aromatic carbocycles. The van der Waals surface area contributed by atoms with Crippen molar-refractivity contribution < 1.29 is 28.5 Å². The molecule has 0 aliphatic heterocycles. The summed E-state index contributed by atoms with van der Waals surface area (Å²) in [7, 11) is 3.55. The number of allylic oxidation sites excluding steroid dienone is 8. The molecule has 0 aromatic heterocycles. The Kier molecular flexibility index (Phi) is 12.9. The van der Waals surface area contributed by atoms with E-state index in [1.165, 1.54) is 19.5 Å². The third-order valence-electron chi connectivity index (χ3n) is 4.29. The van der Waals surface area contributed by atoms with Gasteiger partial charge in [-0.1, -0.05) is 42.5 Å². The average Bonchev–Trinajstić information content (AvgIpc) is 2.79. The van der Waals surface area contributed by atoms with E-state index in [1.54, 1.807) is 12.1 Å². The smallest absolute Gasteiger partial charge is 0.412 e. The molecule has 9 heteroatoms. The molecule has 2 rings (SSSR count). The van der Waals surface area contributed by atoms with Crippen molar-refractivity contribution in [3.05, 3.63) is 65.5 Å². The summed E-state index contributed by atoms with van der Waals surface area (Å²) in [6.45, 7) is 4.87. The van der Waals surface area contributed by atoms with Crippen LogP contribution in [-0.4, -0.2) is 59.8 Å². The highest BCUT2D eigenvalue weighted by Gasteiger charge is 2.16. The summed E-state index contributed by atoms with van der Waals surface area (Å²) in [6.07, 6.45) is 13.7. The first-order valence-electron chi connectivity index (χ1n) is 10.7. The Bertz CT molecular complexity index is 842. The van der Waals surface area contributed by atoms with Crippen LogP contribution in [0.2, 0.25) is 0 Å². The van der Waals surface area contributed by atoms with Crippen molar-refractivity contribution in [2.75, 3.05) is 53.7 Å². The summed E-state index contributed by atoms with van der Waals surface area (Å²) in [5.41, 5.74) is 0.933. The van der Waals surface area contributed by atoms with Gasteiger partial charge in [-0.15, -0.1) is 0 Å². The van der Waals surface area contributed by atoms with Crippen LogP contribution >= 0.6 is 8.73 Å². The number of carbonyl (C=O) groups excluding carboxylic acids is 1. The number of rotatable bonds is 14. The van der Waals surface area contributed by atoms with Gasteiger partial charge in [-0.3, -0.25) is 5.09 Å². The highest BCUT2D eigenvalue weighted by Crippen LogP contribution is 2.38. The molecule has 1 aromatic rings. The molecule has 0 saturated carbocycles.